The third-order valence-electron chi connectivity index (χ3n) is 12.4. The van der Waals surface area contributed by atoms with Gasteiger partial charge in [-0.25, -0.2) is 15.0 Å². The predicted octanol–water partition coefficient (Wildman–Crippen LogP) is 14.1. The molecule has 0 aliphatic heterocycles. The molecule has 0 aliphatic rings. The van der Waals surface area contributed by atoms with Crippen LogP contribution in [0.25, 0.3) is 106 Å². The summed E-state index contributed by atoms with van der Waals surface area (Å²) in [6.45, 7) is 0. The maximum absolute atomic E-state index is 10.9. The lowest BCUT2D eigenvalue weighted by molar-refractivity contribution is 1.07. The van der Waals surface area contributed by atoms with Gasteiger partial charge in [0.25, 0.3) is 0 Å². The number of hydrogen-bond acceptors (Lipinski definition) is 7. The molecule has 0 saturated carbocycles. The molecule has 0 bridgehead atoms. The molecule has 0 fully saturated rings. The first-order chi connectivity index (χ1) is 34.0. The van der Waals surface area contributed by atoms with E-state index in [4.69, 9.17) is 15.0 Å². The van der Waals surface area contributed by atoms with Gasteiger partial charge in [-0.3, -0.25) is 0 Å². The molecule has 0 N–H and O–H groups in total. The molecule has 2 aromatic heterocycles. The molecule has 0 amide bonds. The van der Waals surface area contributed by atoms with Crippen molar-refractivity contribution >= 4 is 21.8 Å². The van der Waals surface area contributed by atoms with Crippen LogP contribution in [0.5, 0.6) is 0 Å². The average Bonchev–Trinajstić information content (AvgIpc) is 3.75. The molecule has 11 rings (SSSR count). The van der Waals surface area contributed by atoms with Crippen LogP contribution >= 0.6 is 0 Å². The van der Waals surface area contributed by atoms with Crippen molar-refractivity contribution < 1.29 is 0 Å². The fourth-order valence-corrected chi connectivity index (χ4v) is 9.12. The van der Waals surface area contributed by atoms with Gasteiger partial charge in [0.2, 0.25) is 0 Å². The minimum atomic E-state index is 0.280. The minimum absolute atomic E-state index is 0.280. The molecule has 9 aromatic carbocycles. The summed E-state index contributed by atoms with van der Waals surface area (Å²) in [4.78, 5) is 15.2. The van der Waals surface area contributed by atoms with Gasteiger partial charge in [0, 0.05) is 49.7 Å². The summed E-state index contributed by atoms with van der Waals surface area (Å²) in [5.41, 5.74) is 12.4. The van der Waals surface area contributed by atoms with Crippen molar-refractivity contribution in [3.63, 3.8) is 0 Å². The number of nitrogens with zero attached hydrogens (tertiary/aromatic N) is 8. The highest BCUT2D eigenvalue weighted by Gasteiger charge is 2.26. The van der Waals surface area contributed by atoms with Crippen LogP contribution < -0.4 is 0 Å². The third-order valence-corrected chi connectivity index (χ3v) is 12.4. The number of rotatable bonds is 8. The van der Waals surface area contributed by atoms with Crippen LogP contribution in [-0.4, -0.2) is 19.5 Å². The fraction of sp³-hybridized carbons (Fsp3) is 0. The first-order valence-corrected chi connectivity index (χ1v) is 22.2. The highest BCUT2D eigenvalue weighted by molar-refractivity contribution is 6.13. The first-order valence-electron chi connectivity index (χ1n) is 22.2. The van der Waals surface area contributed by atoms with E-state index in [2.05, 4.69) is 89.5 Å². The highest BCUT2D eigenvalue weighted by Crippen LogP contribution is 2.46. The molecular weight excluding hydrogens is 845 g/mol. The zero-order chi connectivity index (χ0) is 46.8. The molecule has 11 aromatic rings. The van der Waals surface area contributed by atoms with Crippen LogP contribution in [0.2, 0.25) is 0 Å². The summed E-state index contributed by atoms with van der Waals surface area (Å²) in [7, 11) is 0. The van der Waals surface area contributed by atoms with Gasteiger partial charge in [-0.05, 0) is 82.9 Å². The van der Waals surface area contributed by atoms with Crippen molar-refractivity contribution in [3.8, 4) is 109 Å². The number of fused-ring (bicyclic) bond motifs is 3. The van der Waals surface area contributed by atoms with Crippen molar-refractivity contribution in [3.05, 3.63) is 229 Å². The molecule has 0 spiro atoms. The van der Waals surface area contributed by atoms with E-state index in [1.54, 1.807) is 36.4 Å². The second-order valence-electron chi connectivity index (χ2n) is 16.5. The Balaban J connectivity index is 1.31. The lowest BCUT2D eigenvalue weighted by Crippen LogP contribution is -2.05. The van der Waals surface area contributed by atoms with Crippen LogP contribution in [0.1, 0.15) is 22.3 Å². The lowest BCUT2D eigenvalue weighted by Gasteiger charge is -2.22. The van der Waals surface area contributed by atoms with Crippen LogP contribution in [0.3, 0.4) is 0 Å². The summed E-state index contributed by atoms with van der Waals surface area (Å²) in [6, 6.07) is 76.3. The Morgan fingerprint density at radius 1 is 0.304 bits per heavy atom. The second kappa shape index (κ2) is 17.6. The molecular formula is C61H34N8. The Kier molecular flexibility index (Phi) is 10.6. The molecule has 0 unspecified atom stereocenters. The molecule has 0 aliphatic carbocycles. The summed E-state index contributed by atoms with van der Waals surface area (Å²) in [6.07, 6.45) is 0. The summed E-state index contributed by atoms with van der Waals surface area (Å²) in [5, 5.41) is 43.9. The van der Waals surface area contributed by atoms with Crippen molar-refractivity contribution in [2.75, 3.05) is 0 Å². The standard InChI is InChI=1S/C61H34N8/c62-35-39-21-25-50(48(29-39)37-64)54-33-47(61-67-59(43-17-9-3-10-18-43)66-60(68-61)44-19-11-4-12-20-44)34-55(51-26-22-40(36-63)30-49(51)38-65)58(54)69-56-27-23-45(41-13-5-1-6-14-41)31-52(56)53-32-46(24-28-57(53)69)42-15-7-2-8-16-42/h1-34H. The van der Waals surface area contributed by atoms with Crippen LogP contribution in [0, 0.1) is 45.3 Å². The molecule has 0 saturated heterocycles. The van der Waals surface area contributed by atoms with Crippen LogP contribution in [0.15, 0.2) is 206 Å². The van der Waals surface area contributed by atoms with Crippen molar-refractivity contribution in [1.29, 1.82) is 21.0 Å². The van der Waals surface area contributed by atoms with E-state index in [0.717, 1.165) is 55.2 Å². The molecule has 2 heterocycles. The van der Waals surface area contributed by atoms with Crippen molar-refractivity contribution in [2.45, 2.75) is 0 Å². The topological polar surface area (TPSA) is 139 Å². The Morgan fingerprint density at radius 3 is 1.06 bits per heavy atom. The van der Waals surface area contributed by atoms with Crippen LogP contribution in [-0.2, 0) is 0 Å². The molecule has 69 heavy (non-hydrogen) atoms. The van der Waals surface area contributed by atoms with E-state index in [0.29, 0.717) is 62.1 Å². The third kappa shape index (κ3) is 7.59. The average molecular weight is 879 g/mol. The normalized spacial score (nSPS) is 10.8. The predicted molar refractivity (Wildman–Crippen MR) is 271 cm³/mol. The zero-order valence-electron chi connectivity index (χ0n) is 36.7. The van der Waals surface area contributed by atoms with E-state index in [-0.39, 0.29) is 11.1 Å². The smallest absolute Gasteiger partial charge is 0.164 e. The quantitative estimate of drug-likeness (QED) is 0.148. The van der Waals surface area contributed by atoms with E-state index < -0.39 is 0 Å². The maximum atomic E-state index is 10.9. The summed E-state index contributed by atoms with van der Waals surface area (Å²) >= 11 is 0. The van der Waals surface area contributed by atoms with E-state index in [1.807, 2.05) is 109 Å². The van der Waals surface area contributed by atoms with Gasteiger partial charge < -0.3 is 4.57 Å². The molecule has 8 nitrogen and oxygen atoms in total. The second-order valence-corrected chi connectivity index (χ2v) is 16.5. The fourth-order valence-electron chi connectivity index (χ4n) is 9.12. The Hall–Kier alpha value is -10.3. The summed E-state index contributed by atoms with van der Waals surface area (Å²) < 4.78 is 2.21. The van der Waals surface area contributed by atoms with Crippen molar-refractivity contribution in [1.82, 2.24) is 19.5 Å². The lowest BCUT2D eigenvalue weighted by atomic mass is 9.88. The minimum Gasteiger partial charge on any atom is -0.308 e. The SMILES string of the molecule is N#Cc1ccc(-c2cc(-c3nc(-c4ccccc4)nc(-c4ccccc4)n3)cc(-c3ccc(C#N)cc3C#N)c2-n2c3ccc(-c4ccccc4)cc3c3cc(-c4ccccc4)ccc32)c(C#N)c1. The maximum Gasteiger partial charge on any atom is 0.164 e. The summed E-state index contributed by atoms with van der Waals surface area (Å²) in [5.74, 6) is 1.28. The molecule has 318 valence electrons. The van der Waals surface area contributed by atoms with Gasteiger partial charge in [0.05, 0.1) is 63.3 Å². The van der Waals surface area contributed by atoms with E-state index >= 15 is 0 Å². The van der Waals surface area contributed by atoms with Gasteiger partial charge in [0.1, 0.15) is 0 Å². The number of benzene rings is 9. The van der Waals surface area contributed by atoms with Gasteiger partial charge in [-0.2, -0.15) is 21.0 Å². The van der Waals surface area contributed by atoms with Gasteiger partial charge in [-0.1, -0.05) is 146 Å². The monoisotopic (exact) mass is 878 g/mol. The number of aromatic nitrogens is 4. The Bertz CT molecular complexity index is 3730. The first kappa shape index (κ1) is 41.5. The number of hydrogen-bond donors (Lipinski definition) is 0. The molecule has 0 radical (unpaired) electrons. The van der Waals surface area contributed by atoms with Crippen LogP contribution in [0.4, 0.5) is 0 Å². The van der Waals surface area contributed by atoms with E-state index in [9.17, 15) is 21.0 Å². The molecule has 8 heteroatoms. The Morgan fingerprint density at radius 2 is 0.681 bits per heavy atom. The zero-order valence-corrected chi connectivity index (χ0v) is 36.7. The highest BCUT2D eigenvalue weighted by atomic mass is 15.0. The molecule has 0 atom stereocenters. The largest absolute Gasteiger partial charge is 0.308 e. The van der Waals surface area contributed by atoms with Crippen molar-refractivity contribution in [2.24, 2.45) is 0 Å². The Labute approximate surface area is 397 Å². The van der Waals surface area contributed by atoms with Gasteiger partial charge >= 0.3 is 0 Å². The number of nitriles is 4. The van der Waals surface area contributed by atoms with E-state index in [1.165, 1.54) is 0 Å². The van der Waals surface area contributed by atoms with Gasteiger partial charge in [0.15, 0.2) is 17.5 Å². The van der Waals surface area contributed by atoms with Gasteiger partial charge in [-0.15, -0.1) is 0 Å².